The van der Waals surface area contributed by atoms with Crippen LogP contribution in [0.2, 0.25) is 0 Å². The Bertz CT molecular complexity index is 414. The molecule has 6 atom stereocenters. The van der Waals surface area contributed by atoms with Gasteiger partial charge in [0.05, 0.1) is 18.8 Å². The van der Waals surface area contributed by atoms with Crippen molar-refractivity contribution in [3.8, 4) is 0 Å². The zero-order chi connectivity index (χ0) is 15.5. The molecule has 0 aromatic carbocycles. The van der Waals surface area contributed by atoms with E-state index in [1.54, 1.807) is 0 Å². The normalized spacial score (nSPS) is 36.8. The molecule has 11 nitrogen and oxygen atoms in total. The second-order valence-corrected chi connectivity index (χ2v) is 4.38. The summed E-state index contributed by atoms with van der Waals surface area (Å²) in [7, 11) is 0. The van der Waals surface area contributed by atoms with E-state index in [2.05, 4.69) is 10.0 Å². The highest BCUT2D eigenvalue weighted by atomic mass is 16.7. The summed E-state index contributed by atoms with van der Waals surface area (Å²) < 4.78 is 4.77. The number of carbonyl (C=O) groups is 1. The van der Waals surface area contributed by atoms with Crippen LogP contribution in [0.25, 0.3) is 10.4 Å². The van der Waals surface area contributed by atoms with Crippen molar-refractivity contribution < 1.29 is 40.2 Å². The average Bonchev–Trinajstić information content (AvgIpc) is 2.39. The molecule has 0 aromatic rings. The summed E-state index contributed by atoms with van der Waals surface area (Å²) in [5.41, 5.74) is 8.39. The van der Waals surface area contributed by atoms with Crippen molar-refractivity contribution in [3.63, 3.8) is 0 Å². The highest BCUT2D eigenvalue weighted by Gasteiger charge is 2.53. The smallest absolute Gasteiger partial charge is 0.364 e. The second-order valence-electron chi connectivity index (χ2n) is 4.38. The molecule has 6 N–H and O–H groups in total. The van der Waals surface area contributed by atoms with Gasteiger partial charge in [0.1, 0.15) is 18.3 Å². The predicted molar refractivity (Wildman–Crippen MR) is 60.1 cm³/mol. The lowest BCUT2D eigenvalue weighted by Crippen LogP contribution is -2.62. The molecule has 1 aliphatic rings. The molecule has 0 amide bonds. The molecule has 20 heavy (non-hydrogen) atoms. The summed E-state index contributed by atoms with van der Waals surface area (Å²) in [6, 6.07) is -1.43. The van der Waals surface area contributed by atoms with Crippen LogP contribution in [0.1, 0.15) is 6.42 Å². The van der Waals surface area contributed by atoms with Crippen molar-refractivity contribution in [1.29, 1.82) is 0 Å². The first-order chi connectivity index (χ1) is 9.26. The van der Waals surface area contributed by atoms with Crippen LogP contribution in [0, 0.1) is 0 Å². The average molecular weight is 293 g/mol. The van der Waals surface area contributed by atoms with E-state index in [0.717, 1.165) is 0 Å². The molecule has 0 spiro atoms. The molecule has 1 saturated heterocycles. The summed E-state index contributed by atoms with van der Waals surface area (Å²) in [5, 5.41) is 59.3. The van der Waals surface area contributed by atoms with E-state index in [4.69, 9.17) is 20.5 Å². The molecule has 11 heteroatoms. The standard InChI is InChI=1S/C9H15N3O8/c10-12-11-5-3(14)1-9(19,8(17)18)20-7(5)6(16)4(15)2-13/h3-7,13-16,19H,1-2H2,(H,17,18)/t3?,4?,5-,6?,7?,9?/m0/s1. The van der Waals surface area contributed by atoms with Gasteiger partial charge in [-0.2, -0.15) is 0 Å². The summed E-state index contributed by atoms with van der Waals surface area (Å²) in [6.45, 7) is -0.883. The fraction of sp³-hybridized carbons (Fsp3) is 0.889. The minimum atomic E-state index is -2.80. The summed E-state index contributed by atoms with van der Waals surface area (Å²) in [5.74, 6) is -4.62. The maximum atomic E-state index is 10.9. The van der Waals surface area contributed by atoms with Crippen LogP contribution in [0.4, 0.5) is 0 Å². The minimum absolute atomic E-state index is 0.787. The largest absolute Gasteiger partial charge is 0.477 e. The number of carboxylic acid groups (broad SMARTS) is 1. The maximum absolute atomic E-state index is 10.9. The van der Waals surface area contributed by atoms with Crippen molar-refractivity contribution >= 4 is 5.97 Å². The van der Waals surface area contributed by atoms with Crippen LogP contribution < -0.4 is 0 Å². The molecule has 0 bridgehead atoms. The van der Waals surface area contributed by atoms with Crippen LogP contribution in [0.15, 0.2) is 5.11 Å². The van der Waals surface area contributed by atoms with Crippen LogP contribution in [0.3, 0.4) is 0 Å². The molecule has 0 radical (unpaired) electrons. The number of aliphatic carboxylic acids is 1. The number of aliphatic hydroxyl groups excluding tert-OH is 4. The zero-order valence-corrected chi connectivity index (χ0v) is 10.1. The van der Waals surface area contributed by atoms with Crippen molar-refractivity contribution in [3.05, 3.63) is 10.4 Å². The molecule has 1 fully saturated rings. The fourth-order valence-corrected chi connectivity index (χ4v) is 1.90. The van der Waals surface area contributed by atoms with Gasteiger partial charge < -0.3 is 35.4 Å². The number of ether oxygens (including phenoxy) is 1. The Kier molecular flexibility index (Phi) is 5.25. The van der Waals surface area contributed by atoms with Crippen molar-refractivity contribution in [2.75, 3.05) is 6.61 Å². The number of azide groups is 1. The van der Waals surface area contributed by atoms with Gasteiger partial charge >= 0.3 is 5.97 Å². The number of nitrogens with zero attached hydrogens (tertiary/aromatic N) is 3. The van der Waals surface area contributed by atoms with Gasteiger partial charge in [-0.3, -0.25) is 0 Å². The Hall–Kier alpha value is -1.46. The molecule has 0 aromatic heterocycles. The summed E-state index contributed by atoms with van der Waals surface area (Å²) in [6.07, 6.45) is -7.73. The monoisotopic (exact) mass is 293 g/mol. The number of hydrogen-bond donors (Lipinski definition) is 6. The Morgan fingerprint density at radius 2 is 2.15 bits per heavy atom. The van der Waals surface area contributed by atoms with Crippen LogP contribution in [-0.4, -0.2) is 79.5 Å². The fourth-order valence-electron chi connectivity index (χ4n) is 1.90. The number of hydrogen-bond acceptors (Lipinski definition) is 8. The second kappa shape index (κ2) is 6.33. The first-order valence-electron chi connectivity index (χ1n) is 5.59. The SMILES string of the molecule is [N-]=[N+]=N[C@H]1C(O)CC(O)(C(=O)O)OC1C(O)C(O)CO. The van der Waals surface area contributed by atoms with Gasteiger partial charge in [0, 0.05) is 11.3 Å². The van der Waals surface area contributed by atoms with Gasteiger partial charge in [-0.1, -0.05) is 5.11 Å². The molecular formula is C9H15N3O8. The highest BCUT2D eigenvalue weighted by Crippen LogP contribution is 2.32. The third-order valence-corrected chi connectivity index (χ3v) is 2.98. The number of rotatable bonds is 5. The van der Waals surface area contributed by atoms with E-state index >= 15 is 0 Å². The van der Waals surface area contributed by atoms with E-state index < -0.39 is 55.2 Å². The quantitative estimate of drug-likeness (QED) is 0.179. The third-order valence-electron chi connectivity index (χ3n) is 2.98. The lowest BCUT2D eigenvalue weighted by Gasteiger charge is -2.42. The molecule has 114 valence electrons. The highest BCUT2D eigenvalue weighted by molar-refractivity contribution is 5.75. The van der Waals surface area contributed by atoms with E-state index in [9.17, 15) is 25.2 Å². The van der Waals surface area contributed by atoms with Crippen molar-refractivity contribution in [2.24, 2.45) is 5.11 Å². The Labute approximate surface area is 112 Å². The topological polar surface area (TPSA) is 196 Å². The van der Waals surface area contributed by atoms with Gasteiger partial charge in [0.15, 0.2) is 0 Å². The van der Waals surface area contributed by atoms with Crippen molar-refractivity contribution in [2.45, 2.75) is 42.7 Å². The molecule has 0 aliphatic carbocycles. The predicted octanol–water partition coefficient (Wildman–Crippen LogP) is -2.70. The van der Waals surface area contributed by atoms with Gasteiger partial charge in [0.2, 0.25) is 0 Å². The first-order valence-corrected chi connectivity index (χ1v) is 5.59. The molecule has 1 rings (SSSR count). The van der Waals surface area contributed by atoms with Gasteiger partial charge in [-0.05, 0) is 5.53 Å². The Morgan fingerprint density at radius 1 is 1.55 bits per heavy atom. The summed E-state index contributed by atoms with van der Waals surface area (Å²) >= 11 is 0. The Balaban J connectivity index is 3.10. The third kappa shape index (κ3) is 3.16. The lowest BCUT2D eigenvalue weighted by molar-refractivity contribution is -0.292. The minimum Gasteiger partial charge on any atom is -0.477 e. The van der Waals surface area contributed by atoms with Gasteiger partial charge in [-0.15, -0.1) is 0 Å². The zero-order valence-electron chi connectivity index (χ0n) is 10.1. The lowest BCUT2D eigenvalue weighted by atomic mass is 9.89. The molecule has 0 saturated carbocycles. The Morgan fingerprint density at radius 3 is 2.60 bits per heavy atom. The van der Waals surface area contributed by atoms with Crippen LogP contribution in [0.5, 0.6) is 0 Å². The molecule has 5 unspecified atom stereocenters. The number of aliphatic hydroxyl groups is 5. The van der Waals surface area contributed by atoms with E-state index in [1.165, 1.54) is 0 Å². The van der Waals surface area contributed by atoms with Crippen LogP contribution >= 0.6 is 0 Å². The molecular weight excluding hydrogens is 278 g/mol. The van der Waals surface area contributed by atoms with E-state index in [-0.39, 0.29) is 0 Å². The number of carboxylic acids is 1. The van der Waals surface area contributed by atoms with Gasteiger partial charge in [-0.25, -0.2) is 4.79 Å². The molecule has 1 aliphatic heterocycles. The van der Waals surface area contributed by atoms with E-state index in [0.29, 0.717) is 0 Å². The van der Waals surface area contributed by atoms with Crippen molar-refractivity contribution in [1.82, 2.24) is 0 Å². The van der Waals surface area contributed by atoms with E-state index in [1.807, 2.05) is 0 Å². The van der Waals surface area contributed by atoms with Gasteiger partial charge in [0.25, 0.3) is 5.79 Å². The first kappa shape index (κ1) is 16.6. The van der Waals surface area contributed by atoms with Crippen LogP contribution in [-0.2, 0) is 9.53 Å². The molecule has 1 heterocycles. The maximum Gasteiger partial charge on any atom is 0.364 e. The summed E-state index contributed by atoms with van der Waals surface area (Å²) in [4.78, 5) is 13.3.